The van der Waals surface area contributed by atoms with Crippen molar-refractivity contribution in [3.8, 4) is 5.75 Å². The van der Waals surface area contributed by atoms with Gasteiger partial charge in [0.1, 0.15) is 12.4 Å². The number of rotatable bonds is 7. The lowest BCUT2D eigenvalue weighted by atomic mass is 9.89. The fourth-order valence-electron chi connectivity index (χ4n) is 3.45. The van der Waals surface area contributed by atoms with E-state index in [4.69, 9.17) is 4.74 Å². The number of carbonyl (C=O) groups excluding carboxylic acids is 1. The van der Waals surface area contributed by atoms with Gasteiger partial charge in [0.25, 0.3) is 0 Å². The summed E-state index contributed by atoms with van der Waals surface area (Å²) in [5, 5.41) is 5.96. The molecule has 2 N–H and O–H groups in total. The number of hydrogen-bond acceptors (Lipinski definition) is 2. The number of carbonyl (C=O) groups is 1. The van der Waals surface area contributed by atoms with Crippen LogP contribution < -0.4 is 15.4 Å². The van der Waals surface area contributed by atoms with Crippen LogP contribution in [0.3, 0.4) is 0 Å². The number of aryl methyl sites for hydroxylation is 2. The van der Waals surface area contributed by atoms with Gasteiger partial charge in [0, 0.05) is 0 Å². The van der Waals surface area contributed by atoms with E-state index in [1.54, 1.807) is 0 Å². The molecule has 26 heavy (non-hydrogen) atoms. The summed E-state index contributed by atoms with van der Waals surface area (Å²) in [5.74, 6) is 0.815. The first kappa shape index (κ1) is 18.3. The van der Waals surface area contributed by atoms with Gasteiger partial charge in [-0.25, -0.2) is 4.79 Å². The van der Waals surface area contributed by atoms with Gasteiger partial charge in [-0.3, -0.25) is 0 Å². The largest absolute Gasteiger partial charge is 0.492 e. The third-order valence-corrected chi connectivity index (χ3v) is 4.89. The number of nitrogens with one attached hydrogen (secondary N) is 2. The monoisotopic (exact) mass is 352 g/mol. The molecule has 2 aromatic carbocycles. The standard InChI is InChI=1S/C22H28N2O2/c1-2-21(19-13-12-17-8-6-7-9-18(17)16-19)24-22(25)23-14-15-26-20-10-4-3-5-11-20/h3-5,10-13,16,21H,2,6-9,14-15H2,1H3,(H2,23,24,25). The fourth-order valence-corrected chi connectivity index (χ4v) is 3.45. The zero-order valence-corrected chi connectivity index (χ0v) is 15.5. The summed E-state index contributed by atoms with van der Waals surface area (Å²) in [6, 6.07) is 16.2. The zero-order chi connectivity index (χ0) is 18.2. The van der Waals surface area contributed by atoms with Gasteiger partial charge in [0.05, 0.1) is 12.6 Å². The molecule has 1 aliphatic rings. The minimum Gasteiger partial charge on any atom is -0.492 e. The summed E-state index contributed by atoms with van der Waals surface area (Å²) >= 11 is 0. The summed E-state index contributed by atoms with van der Waals surface area (Å²) in [6.45, 7) is 3.03. The molecule has 0 saturated carbocycles. The summed E-state index contributed by atoms with van der Waals surface area (Å²) in [5.41, 5.74) is 4.12. The Morgan fingerprint density at radius 1 is 1.08 bits per heavy atom. The summed E-state index contributed by atoms with van der Waals surface area (Å²) in [7, 11) is 0. The number of urea groups is 1. The Hall–Kier alpha value is -2.49. The minimum atomic E-state index is -0.147. The van der Waals surface area contributed by atoms with E-state index in [-0.39, 0.29) is 12.1 Å². The van der Waals surface area contributed by atoms with Crippen LogP contribution in [0.4, 0.5) is 4.79 Å². The van der Waals surface area contributed by atoms with Crippen molar-refractivity contribution in [2.45, 2.75) is 45.1 Å². The van der Waals surface area contributed by atoms with Gasteiger partial charge in [-0.2, -0.15) is 0 Å². The van der Waals surface area contributed by atoms with Crippen molar-refractivity contribution >= 4 is 6.03 Å². The molecule has 138 valence electrons. The van der Waals surface area contributed by atoms with Crippen LogP contribution in [-0.4, -0.2) is 19.2 Å². The molecule has 0 saturated heterocycles. The molecule has 4 heteroatoms. The van der Waals surface area contributed by atoms with E-state index in [1.165, 1.54) is 36.0 Å². The minimum absolute atomic E-state index is 0.0391. The Kier molecular flexibility index (Phi) is 6.53. The van der Waals surface area contributed by atoms with Crippen molar-refractivity contribution in [2.24, 2.45) is 0 Å². The smallest absolute Gasteiger partial charge is 0.315 e. The van der Waals surface area contributed by atoms with Crippen LogP contribution in [0.5, 0.6) is 5.75 Å². The molecule has 2 aromatic rings. The van der Waals surface area contributed by atoms with Crippen molar-refractivity contribution < 1.29 is 9.53 Å². The zero-order valence-electron chi connectivity index (χ0n) is 15.5. The maximum Gasteiger partial charge on any atom is 0.315 e. The van der Waals surface area contributed by atoms with E-state index in [1.807, 2.05) is 30.3 Å². The molecule has 2 amide bonds. The lowest BCUT2D eigenvalue weighted by molar-refractivity contribution is 0.232. The van der Waals surface area contributed by atoms with Gasteiger partial charge >= 0.3 is 6.03 Å². The van der Waals surface area contributed by atoms with Crippen molar-refractivity contribution in [1.82, 2.24) is 10.6 Å². The van der Waals surface area contributed by atoms with Crippen LogP contribution in [0.15, 0.2) is 48.5 Å². The van der Waals surface area contributed by atoms with Crippen LogP contribution in [-0.2, 0) is 12.8 Å². The number of hydrogen-bond donors (Lipinski definition) is 2. The molecule has 0 radical (unpaired) electrons. The number of ether oxygens (including phenoxy) is 1. The first-order chi connectivity index (χ1) is 12.8. The average Bonchev–Trinajstić information content (AvgIpc) is 2.70. The van der Waals surface area contributed by atoms with Gasteiger partial charge in [0.2, 0.25) is 0 Å². The second kappa shape index (κ2) is 9.27. The highest BCUT2D eigenvalue weighted by Crippen LogP contribution is 2.26. The predicted molar refractivity (Wildman–Crippen MR) is 105 cm³/mol. The topological polar surface area (TPSA) is 50.4 Å². The van der Waals surface area contributed by atoms with Crippen LogP contribution in [0.1, 0.15) is 48.9 Å². The Labute approximate surface area is 156 Å². The van der Waals surface area contributed by atoms with Crippen molar-refractivity contribution in [1.29, 1.82) is 0 Å². The molecule has 1 unspecified atom stereocenters. The molecule has 0 heterocycles. The first-order valence-electron chi connectivity index (χ1n) is 9.60. The van der Waals surface area contributed by atoms with Crippen molar-refractivity contribution in [2.75, 3.05) is 13.2 Å². The highest BCUT2D eigenvalue weighted by Gasteiger charge is 2.16. The molecule has 3 rings (SSSR count). The Morgan fingerprint density at radius 2 is 1.85 bits per heavy atom. The lowest BCUT2D eigenvalue weighted by Crippen LogP contribution is -2.39. The first-order valence-corrected chi connectivity index (χ1v) is 9.60. The second-order valence-corrected chi connectivity index (χ2v) is 6.76. The molecule has 0 fully saturated rings. The van der Waals surface area contributed by atoms with E-state index >= 15 is 0 Å². The van der Waals surface area contributed by atoms with E-state index in [2.05, 4.69) is 35.8 Å². The summed E-state index contributed by atoms with van der Waals surface area (Å²) in [4.78, 5) is 12.2. The van der Waals surface area contributed by atoms with E-state index in [0.29, 0.717) is 13.2 Å². The molecule has 1 atom stereocenters. The third-order valence-electron chi connectivity index (χ3n) is 4.89. The third kappa shape index (κ3) is 5.01. The Morgan fingerprint density at radius 3 is 2.62 bits per heavy atom. The number of benzene rings is 2. The average molecular weight is 352 g/mol. The molecule has 0 bridgehead atoms. The molecule has 0 aromatic heterocycles. The van der Waals surface area contributed by atoms with Gasteiger partial charge < -0.3 is 15.4 Å². The van der Waals surface area contributed by atoms with Crippen LogP contribution >= 0.6 is 0 Å². The lowest BCUT2D eigenvalue weighted by Gasteiger charge is -2.22. The number of fused-ring (bicyclic) bond motifs is 1. The predicted octanol–water partition coefficient (Wildman–Crippen LogP) is 4.39. The molecule has 0 spiro atoms. The molecule has 4 nitrogen and oxygen atoms in total. The van der Waals surface area contributed by atoms with E-state index in [0.717, 1.165) is 18.6 Å². The van der Waals surface area contributed by atoms with Gasteiger partial charge in [-0.05, 0) is 60.9 Å². The van der Waals surface area contributed by atoms with Crippen molar-refractivity contribution in [3.63, 3.8) is 0 Å². The highest BCUT2D eigenvalue weighted by molar-refractivity contribution is 5.74. The SMILES string of the molecule is CCC(NC(=O)NCCOc1ccccc1)c1ccc2c(c1)CCCC2. The quantitative estimate of drug-likeness (QED) is 0.726. The van der Waals surface area contributed by atoms with Crippen LogP contribution in [0.2, 0.25) is 0 Å². The fraction of sp³-hybridized carbons (Fsp3) is 0.409. The summed E-state index contributed by atoms with van der Waals surface area (Å²) in [6.07, 6.45) is 5.76. The van der Waals surface area contributed by atoms with Gasteiger partial charge in [-0.1, -0.05) is 43.3 Å². The molecular formula is C22H28N2O2. The van der Waals surface area contributed by atoms with Gasteiger partial charge in [0.15, 0.2) is 0 Å². The van der Waals surface area contributed by atoms with E-state index in [9.17, 15) is 4.79 Å². The number of amides is 2. The molecular weight excluding hydrogens is 324 g/mol. The second-order valence-electron chi connectivity index (χ2n) is 6.76. The maximum atomic E-state index is 12.2. The van der Waals surface area contributed by atoms with Crippen LogP contribution in [0, 0.1) is 0 Å². The Balaban J connectivity index is 1.47. The summed E-state index contributed by atoms with van der Waals surface area (Å²) < 4.78 is 5.59. The van der Waals surface area contributed by atoms with Crippen molar-refractivity contribution in [3.05, 3.63) is 65.2 Å². The number of para-hydroxylation sites is 1. The van der Waals surface area contributed by atoms with Gasteiger partial charge in [-0.15, -0.1) is 0 Å². The maximum absolute atomic E-state index is 12.2. The molecule has 1 aliphatic carbocycles. The van der Waals surface area contributed by atoms with E-state index < -0.39 is 0 Å². The highest BCUT2D eigenvalue weighted by atomic mass is 16.5. The Bertz CT molecular complexity index is 715. The normalized spacial score (nSPS) is 14.2. The molecule has 0 aliphatic heterocycles. The van der Waals surface area contributed by atoms with Crippen LogP contribution in [0.25, 0.3) is 0 Å².